The Hall–Kier alpha value is -0.480. The standard InChI is InChI=1S/C8H14O3S/c1-7(5-9)6-12-4-3-8(10)11-2/h3-4,7,9H,5-6H2,1-2H3. The summed E-state index contributed by atoms with van der Waals surface area (Å²) in [7, 11) is 1.34. The zero-order chi connectivity index (χ0) is 9.40. The predicted molar refractivity (Wildman–Crippen MR) is 49.9 cm³/mol. The fraction of sp³-hybridized carbons (Fsp3) is 0.625. The van der Waals surface area contributed by atoms with Gasteiger partial charge in [-0.05, 0) is 11.3 Å². The number of rotatable bonds is 5. The van der Waals surface area contributed by atoms with Gasteiger partial charge in [0, 0.05) is 18.4 Å². The summed E-state index contributed by atoms with van der Waals surface area (Å²) in [6.07, 6.45) is 1.37. The lowest BCUT2D eigenvalue weighted by Gasteiger charge is -2.02. The maximum absolute atomic E-state index is 10.6. The van der Waals surface area contributed by atoms with Crippen LogP contribution < -0.4 is 0 Å². The second kappa shape index (κ2) is 7.18. The van der Waals surface area contributed by atoms with Crippen LogP contribution >= 0.6 is 11.8 Å². The normalized spacial score (nSPS) is 13.2. The molecule has 1 N–H and O–H groups in total. The number of carbonyl (C=O) groups excluding carboxylic acids is 1. The number of aliphatic hydroxyl groups is 1. The van der Waals surface area contributed by atoms with Gasteiger partial charge in [0.2, 0.25) is 0 Å². The van der Waals surface area contributed by atoms with Crippen LogP contribution in [0.3, 0.4) is 0 Å². The van der Waals surface area contributed by atoms with Gasteiger partial charge in [0.25, 0.3) is 0 Å². The first kappa shape index (κ1) is 11.5. The van der Waals surface area contributed by atoms with Crippen molar-refractivity contribution in [2.75, 3.05) is 19.5 Å². The van der Waals surface area contributed by atoms with Crippen LogP contribution in [0.2, 0.25) is 0 Å². The van der Waals surface area contributed by atoms with Crippen molar-refractivity contribution in [1.29, 1.82) is 0 Å². The lowest BCUT2D eigenvalue weighted by molar-refractivity contribution is -0.134. The van der Waals surface area contributed by atoms with Gasteiger partial charge < -0.3 is 9.84 Å². The Labute approximate surface area is 76.8 Å². The molecule has 0 saturated heterocycles. The van der Waals surface area contributed by atoms with E-state index in [1.54, 1.807) is 5.41 Å². The van der Waals surface area contributed by atoms with E-state index in [4.69, 9.17) is 5.11 Å². The first-order valence-electron chi connectivity index (χ1n) is 3.67. The van der Waals surface area contributed by atoms with Gasteiger partial charge in [-0.3, -0.25) is 0 Å². The maximum Gasteiger partial charge on any atom is 0.330 e. The van der Waals surface area contributed by atoms with Gasteiger partial charge in [-0.25, -0.2) is 4.79 Å². The summed E-state index contributed by atoms with van der Waals surface area (Å²) in [6.45, 7) is 2.12. The maximum atomic E-state index is 10.6. The van der Waals surface area contributed by atoms with Gasteiger partial charge in [0.1, 0.15) is 0 Å². The molecule has 0 rings (SSSR count). The molecule has 0 radical (unpaired) electrons. The molecule has 0 aliphatic carbocycles. The first-order chi connectivity index (χ1) is 5.70. The van der Waals surface area contributed by atoms with E-state index in [1.165, 1.54) is 24.9 Å². The molecule has 0 heterocycles. The fourth-order valence-electron chi connectivity index (χ4n) is 0.444. The van der Waals surface area contributed by atoms with Gasteiger partial charge in [-0.2, -0.15) is 0 Å². The molecular formula is C8H14O3S. The van der Waals surface area contributed by atoms with E-state index in [1.807, 2.05) is 6.92 Å². The third-order valence-corrected chi connectivity index (χ3v) is 2.28. The van der Waals surface area contributed by atoms with Gasteiger partial charge in [-0.15, -0.1) is 11.8 Å². The highest BCUT2D eigenvalue weighted by Crippen LogP contribution is 2.08. The molecule has 0 aromatic carbocycles. The second-order valence-electron chi connectivity index (χ2n) is 2.45. The van der Waals surface area contributed by atoms with Crippen LogP contribution in [0.4, 0.5) is 0 Å². The number of hydrogen-bond donors (Lipinski definition) is 1. The summed E-state index contributed by atoms with van der Waals surface area (Å²) in [4.78, 5) is 10.6. The Kier molecular flexibility index (Phi) is 6.90. The smallest absolute Gasteiger partial charge is 0.330 e. The van der Waals surface area contributed by atoms with E-state index >= 15 is 0 Å². The highest BCUT2D eigenvalue weighted by Gasteiger charge is 1.97. The predicted octanol–water partition coefficient (Wildman–Crippen LogP) is 1.03. The molecule has 0 fully saturated rings. The Morgan fingerprint density at radius 1 is 1.75 bits per heavy atom. The molecule has 0 aromatic heterocycles. The summed E-state index contributed by atoms with van der Waals surface area (Å²) < 4.78 is 4.40. The number of aliphatic hydroxyl groups excluding tert-OH is 1. The van der Waals surface area contributed by atoms with E-state index < -0.39 is 0 Å². The van der Waals surface area contributed by atoms with Crippen LogP contribution in [0.1, 0.15) is 6.92 Å². The largest absolute Gasteiger partial charge is 0.466 e. The van der Waals surface area contributed by atoms with Crippen molar-refractivity contribution in [3.05, 3.63) is 11.5 Å². The number of carbonyl (C=O) groups is 1. The molecule has 3 nitrogen and oxygen atoms in total. The number of thioether (sulfide) groups is 1. The number of esters is 1. The minimum Gasteiger partial charge on any atom is -0.466 e. The van der Waals surface area contributed by atoms with Gasteiger partial charge in [-0.1, -0.05) is 6.92 Å². The van der Waals surface area contributed by atoms with Crippen LogP contribution in [-0.4, -0.2) is 30.5 Å². The third-order valence-electron chi connectivity index (χ3n) is 1.19. The second-order valence-corrected chi connectivity index (χ2v) is 3.39. The highest BCUT2D eigenvalue weighted by molar-refractivity contribution is 8.02. The molecule has 12 heavy (non-hydrogen) atoms. The molecule has 70 valence electrons. The summed E-state index contributed by atoms with van der Waals surface area (Å²) in [6, 6.07) is 0. The van der Waals surface area contributed by atoms with Crippen molar-refractivity contribution in [2.24, 2.45) is 5.92 Å². The van der Waals surface area contributed by atoms with E-state index in [9.17, 15) is 4.79 Å². The van der Waals surface area contributed by atoms with E-state index in [0.29, 0.717) is 0 Å². The van der Waals surface area contributed by atoms with Crippen LogP contribution in [0.5, 0.6) is 0 Å². The van der Waals surface area contributed by atoms with Crippen molar-refractivity contribution in [1.82, 2.24) is 0 Å². The molecule has 1 atom stereocenters. The first-order valence-corrected chi connectivity index (χ1v) is 4.72. The third kappa shape index (κ3) is 6.24. The van der Waals surface area contributed by atoms with Crippen molar-refractivity contribution >= 4 is 17.7 Å². The summed E-state index contributed by atoms with van der Waals surface area (Å²) >= 11 is 1.49. The summed E-state index contributed by atoms with van der Waals surface area (Å²) in [5.74, 6) is 0.723. The molecule has 0 aliphatic heterocycles. The minimum absolute atomic E-state index is 0.180. The molecule has 0 saturated carbocycles. The average molecular weight is 190 g/mol. The van der Waals surface area contributed by atoms with Crippen LogP contribution in [0.15, 0.2) is 11.5 Å². The molecule has 0 aliphatic rings. The zero-order valence-electron chi connectivity index (χ0n) is 7.32. The summed E-state index contributed by atoms with van der Waals surface area (Å²) in [5.41, 5.74) is 0. The zero-order valence-corrected chi connectivity index (χ0v) is 8.13. The lowest BCUT2D eigenvalue weighted by Crippen LogP contribution is -2.02. The topological polar surface area (TPSA) is 46.5 Å². The fourth-order valence-corrected chi connectivity index (χ4v) is 1.20. The van der Waals surface area contributed by atoms with Crippen molar-refractivity contribution in [2.45, 2.75) is 6.92 Å². The molecule has 4 heteroatoms. The highest BCUT2D eigenvalue weighted by atomic mass is 32.2. The van der Waals surface area contributed by atoms with E-state index in [0.717, 1.165) is 5.75 Å². The van der Waals surface area contributed by atoms with Crippen LogP contribution in [-0.2, 0) is 9.53 Å². The van der Waals surface area contributed by atoms with Crippen molar-refractivity contribution in [3.63, 3.8) is 0 Å². The quantitative estimate of drug-likeness (QED) is 0.519. The van der Waals surface area contributed by atoms with Crippen molar-refractivity contribution in [3.8, 4) is 0 Å². The Bertz CT molecular complexity index is 156. The van der Waals surface area contributed by atoms with Crippen LogP contribution in [0.25, 0.3) is 0 Å². The number of ether oxygens (including phenoxy) is 1. The molecule has 1 unspecified atom stereocenters. The molecule has 0 bridgehead atoms. The monoisotopic (exact) mass is 190 g/mol. The summed E-state index contributed by atoms with van der Waals surface area (Å²) in [5, 5.41) is 10.3. The number of hydrogen-bond acceptors (Lipinski definition) is 4. The molecule has 0 spiro atoms. The Morgan fingerprint density at radius 3 is 2.92 bits per heavy atom. The number of methoxy groups -OCH3 is 1. The SMILES string of the molecule is COC(=O)C=CSCC(C)CO. The Morgan fingerprint density at radius 2 is 2.42 bits per heavy atom. The van der Waals surface area contributed by atoms with Crippen molar-refractivity contribution < 1.29 is 14.6 Å². The van der Waals surface area contributed by atoms with E-state index in [2.05, 4.69) is 4.74 Å². The Balaban J connectivity index is 3.42. The van der Waals surface area contributed by atoms with Crippen LogP contribution in [0, 0.1) is 5.92 Å². The molecule has 0 aromatic rings. The van der Waals surface area contributed by atoms with Gasteiger partial charge >= 0.3 is 5.97 Å². The molecule has 0 amide bonds. The average Bonchev–Trinajstić information content (AvgIpc) is 2.11. The lowest BCUT2D eigenvalue weighted by atomic mass is 10.2. The molecular weight excluding hydrogens is 176 g/mol. The van der Waals surface area contributed by atoms with Gasteiger partial charge in [0.15, 0.2) is 0 Å². The van der Waals surface area contributed by atoms with Gasteiger partial charge in [0.05, 0.1) is 7.11 Å². The van der Waals surface area contributed by atoms with E-state index in [-0.39, 0.29) is 18.5 Å². The minimum atomic E-state index is -0.348.